The fourth-order valence-electron chi connectivity index (χ4n) is 4.08. The van der Waals surface area contributed by atoms with Gasteiger partial charge in [-0.05, 0) is 62.6 Å². The molecule has 0 radical (unpaired) electrons. The van der Waals surface area contributed by atoms with Crippen LogP contribution in [0.3, 0.4) is 0 Å². The lowest BCUT2D eigenvalue weighted by molar-refractivity contribution is -0.133. The summed E-state index contributed by atoms with van der Waals surface area (Å²) in [4.78, 5) is 18.8. The number of nitrogens with zero attached hydrogens (tertiary/aromatic N) is 2. The zero-order valence-corrected chi connectivity index (χ0v) is 17.4. The van der Waals surface area contributed by atoms with E-state index in [0.717, 1.165) is 65.2 Å². The number of thiophene rings is 1. The van der Waals surface area contributed by atoms with Crippen molar-refractivity contribution in [3.05, 3.63) is 22.4 Å². The van der Waals surface area contributed by atoms with Crippen LogP contribution in [0.5, 0.6) is 0 Å². The predicted octanol–water partition coefficient (Wildman–Crippen LogP) is 3.05. The first-order valence-corrected chi connectivity index (χ1v) is 11.3. The number of aryl methyl sites for hydroxylation is 1. The van der Waals surface area contributed by atoms with Crippen LogP contribution in [-0.2, 0) is 20.7 Å². The average Bonchev–Trinajstić information content (AvgIpc) is 3.39. The first kappa shape index (κ1) is 20.8. The van der Waals surface area contributed by atoms with Crippen LogP contribution < -0.4 is 0 Å². The Kier molecular flexibility index (Phi) is 8.58. The minimum absolute atomic E-state index is 0.234. The van der Waals surface area contributed by atoms with E-state index in [0.29, 0.717) is 18.2 Å². The van der Waals surface area contributed by atoms with E-state index in [9.17, 15) is 4.79 Å². The van der Waals surface area contributed by atoms with E-state index in [-0.39, 0.29) is 6.10 Å². The molecule has 6 heteroatoms. The summed E-state index contributed by atoms with van der Waals surface area (Å²) >= 11 is 1.74. The maximum Gasteiger partial charge on any atom is 0.223 e. The van der Waals surface area contributed by atoms with Gasteiger partial charge in [0.25, 0.3) is 0 Å². The number of methoxy groups -OCH3 is 1. The van der Waals surface area contributed by atoms with Crippen LogP contribution in [0.2, 0.25) is 0 Å². The summed E-state index contributed by atoms with van der Waals surface area (Å²) in [7, 11) is 1.76. The lowest BCUT2D eigenvalue weighted by Crippen LogP contribution is -2.44. The zero-order chi connectivity index (χ0) is 18.9. The third-order valence-electron chi connectivity index (χ3n) is 5.76. The van der Waals surface area contributed by atoms with Crippen molar-refractivity contribution in [2.45, 2.75) is 44.6 Å². The van der Waals surface area contributed by atoms with E-state index in [4.69, 9.17) is 9.47 Å². The number of piperidine rings is 1. The van der Waals surface area contributed by atoms with Gasteiger partial charge in [0.05, 0.1) is 12.7 Å². The maximum absolute atomic E-state index is 13.0. The van der Waals surface area contributed by atoms with Crippen LogP contribution in [0.25, 0.3) is 0 Å². The highest BCUT2D eigenvalue weighted by Gasteiger charge is 2.27. The molecule has 27 heavy (non-hydrogen) atoms. The SMILES string of the molecule is COCCN1CCC(CN(C[C@@H]2CCCO2)C(=O)CCc2cccs2)CC1. The molecule has 1 amide bonds. The Labute approximate surface area is 167 Å². The molecule has 1 aromatic rings. The first-order valence-electron chi connectivity index (χ1n) is 10.4. The molecule has 0 spiro atoms. The number of ether oxygens (including phenoxy) is 2. The van der Waals surface area contributed by atoms with Gasteiger partial charge in [-0.25, -0.2) is 0 Å². The summed E-state index contributed by atoms with van der Waals surface area (Å²) in [5.74, 6) is 0.900. The number of rotatable bonds is 10. The van der Waals surface area contributed by atoms with Crippen LogP contribution >= 0.6 is 11.3 Å². The third kappa shape index (κ3) is 6.86. The summed E-state index contributed by atoms with van der Waals surface area (Å²) in [5.41, 5.74) is 0. The monoisotopic (exact) mass is 394 g/mol. The van der Waals surface area contributed by atoms with Gasteiger partial charge in [-0.15, -0.1) is 11.3 Å². The largest absolute Gasteiger partial charge is 0.383 e. The topological polar surface area (TPSA) is 42.0 Å². The van der Waals surface area contributed by atoms with Crippen molar-refractivity contribution in [1.29, 1.82) is 0 Å². The highest BCUT2D eigenvalue weighted by molar-refractivity contribution is 7.09. The molecule has 0 bridgehead atoms. The molecule has 2 saturated heterocycles. The van der Waals surface area contributed by atoms with E-state index in [1.54, 1.807) is 18.4 Å². The van der Waals surface area contributed by atoms with Gasteiger partial charge in [0.2, 0.25) is 5.91 Å². The van der Waals surface area contributed by atoms with E-state index in [1.165, 1.54) is 17.7 Å². The van der Waals surface area contributed by atoms with Crippen molar-refractivity contribution in [2.24, 2.45) is 5.92 Å². The molecular weight excluding hydrogens is 360 g/mol. The molecule has 3 heterocycles. The third-order valence-corrected chi connectivity index (χ3v) is 6.70. The highest BCUT2D eigenvalue weighted by atomic mass is 32.1. The van der Waals surface area contributed by atoms with Gasteiger partial charge in [0.1, 0.15) is 0 Å². The molecule has 1 atom stereocenters. The molecule has 2 aliphatic rings. The van der Waals surface area contributed by atoms with Gasteiger partial charge < -0.3 is 19.3 Å². The summed E-state index contributed by atoms with van der Waals surface area (Å²) in [6.07, 6.45) is 6.25. The van der Waals surface area contributed by atoms with Gasteiger partial charge in [-0.1, -0.05) is 6.07 Å². The Morgan fingerprint density at radius 3 is 2.85 bits per heavy atom. The first-order chi connectivity index (χ1) is 13.2. The molecule has 0 aliphatic carbocycles. The summed E-state index contributed by atoms with van der Waals surface area (Å²) < 4.78 is 11.0. The Balaban J connectivity index is 1.49. The minimum atomic E-state index is 0.234. The number of amides is 1. The molecule has 3 rings (SSSR count). The molecule has 2 fully saturated rings. The fourth-order valence-corrected chi connectivity index (χ4v) is 4.79. The molecule has 0 N–H and O–H groups in total. The Morgan fingerprint density at radius 2 is 2.19 bits per heavy atom. The summed E-state index contributed by atoms with van der Waals surface area (Å²) in [5, 5.41) is 2.08. The van der Waals surface area contributed by atoms with Crippen LogP contribution in [0.4, 0.5) is 0 Å². The number of carbonyl (C=O) groups is 1. The Hall–Kier alpha value is -0.950. The Morgan fingerprint density at radius 1 is 1.33 bits per heavy atom. The Bertz CT molecular complexity index is 538. The van der Waals surface area contributed by atoms with E-state index in [1.807, 2.05) is 0 Å². The van der Waals surface area contributed by atoms with Crippen molar-refractivity contribution in [3.63, 3.8) is 0 Å². The second kappa shape index (κ2) is 11.1. The van der Waals surface area contributed by atoms with Crippen molar-refractivity contribution in [3.8, 4) is 0 Å². The van der Waals surface area contributed by atoms with Crippen molar-refractivity contribution in [2.75, 3.05) is 53.0 Å². The molecule has 0 saturated carbocycles. The van der Waals surface area contributed by atoms with Gasteiger partial charge >= 0.3 is 0 Å². The predicted molar refractivity (Wildman–Crippen MR) is 109 cm³/mol. The second-order valence-corrected chi connectivity index (χ2v) is 8.82. The lowest BCUT2D eigenvalue weighted by atomic mass is 9.95. The summed E-state index contributed by atoms with van der Waals surface area (Å²) in [6, 6.07) is 4.18. The summed E-state index contributed by atoms with van der Waals surface area (Å²) in [6.45, 7) is 6.56. The van der Waals surface area contributed by atoms with E-state index < -0.39 is 0 Å². The maximum atomic E-state index is 13.0. The molecule has 0 aromatic carbocycles. The number of likely N-dealkylation sites (tertiary alicyclic amines) is 1. The number of carbonyl (C=O) groups excluding carboxylic acids is 1. The van der Waals surface area contributed by atoms with Gasteiger partial charge in [-0.3, -0.25) is 4.79 Å². The van der Waals surface area contributed by atoms with Crippen LogP contribution in [0, 0.1) is 5.92 Å². The highest BCUT2D eigenvalue weighted by Crippen LogP contribution is 2.21. The molecular formula is C21H34N2O3S. The van der Waals surface area contributed by atoms with E-state index >= 15 is 0 Å². The van der Waals surface area contributed by atoms with Crippen LogP contribution in [0.15, 0.2) is 17.5 Å². The average molecular weight is 395 g/mol. The van der Waals surface area contributed by atoms with E-state index in [2.05, 4.69) is 27.3 Å². The molecule has 152 valence electrons. The molecule has 5 nitrogen and oxygen atoms in total. The lowest BCUT2D eigenvalue weighted by Gasteiger charge is -2.35. The van der Waals surface area contributed by atoms with Crippen molar-refractivity contribution in [1.82, 2.24) is 9.80 Å². The smallest absolute Gasteiger partial charge is 0.223 e. The quantitative estimate of drug-likeness (QED) is 0.612. The van der Waals surface area contributed by atoms with Crippen LogP contribution in [-0.4, -0.2) is 74.9 Å². The second-order valence-electron chi connectivity index (χ2n) is 7.79. The van der Waals surface area contributed by atoms with Gasteiger partial charge in [0.15, 0.2) is 0 Å². The minimum Gasteiger partial charge on any atom is -0.383 e. The fraction of sp³-hybridized carbons (Fsp3) is 0.762. The normalized spacial score (nSPS) is 21.6. The number of hydrogen-bond acceptors (Lipinski definition) is 5. The molecule has 2 aliphatic heterocycles. The van der Waals surface area contributed by atoms with Crippen LogP contribution in [0.1, 0.15) is 37.0 Å². The van der Waals surface area contributed by atoms with Gasteiger partial charge in [0, 0.05) is 44.6 Å². The number of hydrogen-bond donors (Lipinski definition) is 0. The zero-order valence-electron chi connectivity index (χ0n) is 16.6. The molecule has 0 unspecified atom stereocenters. The van der Waals surface area contributed by atoms with Crippen molar-refractivity contribution < 1.29 is 14.3 Å². The molecule has 1 aromatic heterocycles. The van der Waals surface area contributed by atoms with Crippen molar-refractivity contribution >= 4 is 17.2 Å². The van der Waals surface area contributed by atoms with Gasteiger partial charge in [-0.2, -0.15) is 0 Å². The standard InChI is InChI=1S/C21H34N2O3S/c1-25-14-12-22-10-8-18(9-11-22)16-23(17-19-4-2-13-26-19)21(24)7-6-20-5-3-15-27-20/h3,5,15,18-19H,2,4,6-14,16-17H2,1H3/t19-/m0/s1.